The van der Waals surface area contributed by atoms with Gasteiger partial charge in [-0.15, -0.1) is 0 Å². The van der Waals surface area contributed by atoms with Gasteiger partial charge in [-0.2, -0.15) is 5.26 Å². The number of nitriles is 1. The van der Waals surface area contributed by atoms with Crippen LogP contribution in [0.1, 0.15) is 16.7 Å². The Balaban J connectivity index is 1.68. The number of rotatable bonds is 6. The van der Waals surface area contributed by atoms with Gasteiger partial charge in [0.05, 0.1) is 23.2 Å². The van der Waals surface area contributed by atoms with E-state index in [1.54, 1.807) is 19.2 Å². The van der Waals surface area contributed by atoms with Crippen molar-refractivity contribution in [1.29, 1.82) is 5.26 Å². The van der Waals surface area contributed by atoms with Crippen molar-refractivity contribution in [3.05, 3.63) is 104 Å². The maximum Gasteiger partial charge on any atom is 0.175 e. The molecule has 0 saturated heterocycles. The van der Waals surface area contributed by atoms with Crippen molar-refractivity contribution in [1.82, 2.24) is 0 Å². The van der Waals surface area contributed by atoms with Crippen LogP contribution in [0.5, 0.6) is 11.5 Å². The molecule has 0 bridgehead atoms. The van der Waals surface area contributed by atoms with Gasteiger partial charge in [0.2, 0.25) is 0 Å². The van der Waals surface area contributed by atoms with E-state index in [0.717, 1.165) is 27.5 Å². The van der Waals surface area contributed by atoms with Gasteiger partial charge >= 0.3 is 0 Å². The second kappa shape index (κ2) is 10.3. The van der Waals surface area contributed by atoms with Crippen molar-refractivity contribution in [2.75, 3.05) is 7.11 Å². The zero-order valence-corrected chi connectivity index (χ0v) is 20.7. The van der Waals surface area contributed by atoms with Crippen molar-refractivity contribution in [3.8, 4) is 17.6 Å². The van der Waals surface area contributed by atoms with Gasteiger partial charge in [0, 0.05) is 21.2 Å². The second-order valence-corrected chi connectivity index (χ2v) is 8.95. The molecule has 0 fully saturated rings. The molecule has 0 heterocycles. The summed E-state index contributed by atoms with van der Waals surface area (Å²) in [5, 5.41) is 13.1. The first-order chi connectivity index (χ1) is 16.0. The highest BCUT2D eigenvalue weighted by Gasteiger charge is 2.14. The van der Waals surface area contributed by atoms with E-state index in [-0.39, 0.29) is 6.61 Å². The maximum absolute atomic E-state index is 9.90. The number of ether oxygens (including phenoxy) is 2. The summed E-state index contributed by atoms with van der Waals surface area (Å²) in [4.78, 5) is 0. The summed E-state index contributed by atoms with van der Waals surface area (Å²) in [6, 6.07) is 25.3. The second-order valence-electron chi connectivity index (χ2n) is 7.26. The minimum Gasteiger partial charge on any atom is -0.493 e. The summed E-state index contributed by atoms with van der Waals surface area (Å²) in [6.07, 6.45) is 1.84. The number of hydrogen-bond acceptors (Lipinski definition) is 3. The van der Waals surface area contributed by atoms with Crippen LogP contribution in [0.15, 0.2) is 77.3 Å². The van der Waals surface area contributed by atoms with Crippen molar-refractivity contribution in [3.63, 3.8) is 0 Å². The van der Waals surface area contributed by atoms with Gasteiger partial charge in [0.15, 0.2) is 11.5 Å². The third-order valence-electron chi connectivity index (χ3n) is 5.15. The number of halogens is 3. The highest BCUT2D eigenvalue weighted by Crippen LogP contribution is 2.39. The largest absolute Gasteiger partial charge is 0.493 e. The number of benzene rings is 4. The van der Waals surface area contributed by atoms with Crippen LogP contribution in [0, 0.1) is 11.3 Å². The summed E-state index contributed by atoms with van der Waals surface area (Å²) in [5.74, 6) is 1.08. The maximum atomic E-state index is 9.90. The fraction of sp³-hybridized carbons (Fsp3) is 0.0741. The molecule has 0 aliphatic heterocycles. The Morgan fingerprint density at radius 1 is 1.03 bits per heavy atom. The average Bonchev–Trinajstić information content (AvgIpc) is 2.82. The Morgan fingerprint density at radius 3 is 2.58 bits per heavy atom. The first kappa shape index (κ1) is 23.2. The summed E-state index contributed by atoms with van der Waals surface area (Å²) >= 11 is 15.8. The van der Waals surface area contributed by atoms with Crippen molar-refractivity contribution in [2.24, 2.45) is 0 Å². The summed E-state index contributed by atoms with van der Waals surface area (Å²) in [5.41, 5.74) is 3.05. The van der Waals surface area contributed by atoms with E-state index in [0.29, 0.717) is 31.6 Å². The van der Waals surface area contributed by atoms with Crippen LogP contribution in [-0.4, -0.2) is 7.11 Å². The van der Waals surface area contributed by atoms with E-state index in [2.05, 4.69) is 22.0 Å². The third kappa shape index (κ3) is 5.17. The molecule has 33 heavy (non-hydrogen) atoms. The topological polar surface area (TPSA) is 42.2 Å². The molecule has 4 aromatic rings. The summed E-state index contributed by atoms with van der Waals surface area (Å²) < 4.78 is 12.3. The van der Waals surface area contributed by atoms with Gasteiger partial charge in [0.25, 0.3) is 0 Å². The number of hydrogen-bond donors (Lipinski definition) is 0. The van der Waals surface area contributed by atoms with Crippen LogP contribution in [-0.2, 0) is 6.61 Å². The molecule has 0 aliphatic carbocycles. The molecule has 4 aromatic carbocycles. The first-order valence-corrected chi connectivity index (χ1v) is 11.6. The van der Waals surface area contributed by atoms with Crippen LogP contribution in [0.2, 0.25) is 10.0 Å². The van der Waals surface area contributed by atoms with E-state index in [1.807, 2.05) is 66.7 Å². The molecule has 0 aromatic heterocycles. The SMILES string of the molecule is COc1cc(/C=C(/C#N)c2cccc3ccccc23)cc(Br)c1OCc1ccc(Cl)cc1Cl. The van der Waals surface area contributed by atoms with Crippen LogP contribution in [0.4, 0.5) is 0 Å². The van der Waals surface area contributed by atoms with E-state index in [1.165, 1.54) is 0 Å². The van der Waals surface area contributed by atoms with Crippen LogP contribution in [0.3, 0.4) is 0 Å². The first-order valence-electron chi connectivity index (χ1n) is 10.0. The lowest BCUT2D eigenvalue weighted by Crippen LogP contribution is -2.00. The molecule has 0 N–H and O–H groups in total. The standard InChI is InChI=1S/C27H18BrCl2NO2/c1-32-26-13-17(11-20(15-31)23-8-4-6-18-5-2-3-7-22(18)23)12-24(28)27(26)33-16-19-9-10-21(29)14-25(19)30/h2-14H,16H2,1H3/b20-11-. The van der Waals surface area contributed by atoms with Gasteiger partial charge in [-0.3, -0.25) is 0 Å². The van der Waals surface area contributed by atoms with E-state index < -0.39 is 0 Å². The Labute approximate surface area is 210 Å². The lowest BCUT2D eigenvalue weighted by atomic mass is 9.97. The van der Waals surface area contributed by atoms with Gasteiger partial charge < -0.3 is 9.47 Å². The van der Waals surface area contributed by atoms with Crippen LogP contribution in [0.25, 0.3) is 22.4 Å². The van der Waals surface area contributed by atoms with Gasteiger partial charge in [-0.05, 0) is 62.6 Å². The fourth-order valence-electron chi connectivity index (χ4n) is 3.55. The molecule has 0 spiro atoms. The molecule has 0 amide bonds. The average molecular weight is 539 g/mol. The highest BCUT2D eigenvalue weighted by molar-refractivity contribution is 9.10. The van der Waals surface area contributed by atoms with Crippen LogP contribution >= 0.6 is 39.1 Å². The Hall–Kier alpha value is -2.97. The molecule has 0 unspecified atom stereocenters. The molecule has 0 aliphatic rings. The monoisotopic (exact) mass is 537 g/mol. The summed E-state index contributed by atoms with van der Waals surface area (Å²) in [7, 11) is 1.58. The molecular weight excluding hydrogens is 521 g/mol. The normalized spacial score (nSPS) is 11.3. The molecule has 6 heteroatoms. The third-order valence-corrected chi connectivity index (χ3v) is 6.33. The lowest BCUT2D eigenvalue weighted by Gasteiger charge is -2.14. The van der Waals surface area contributed by atoms with Crippen LogP contribution < -0.4 is 9.47 Å². The number of allylic oxidation sites excluding steroid dienone is 1. The Morgan fingerprint density at radius 2 is 1.82 bits per heavy atom. The van der Waals surface area contributed by atoms with Crippen molar-refractivity contribution >= 4 is 61.6 Å². The minimum absolute atomic E-state index is 0.250. The predicted molar refractivity (Wildman–Crippen MR) is 139 cm³/mol. The van der Waals surface area contributed by atoms with Gasteiger partial charge in [0.1, 0.15) is 6.61 Å². The zero-order valence-electron chi connectivity index (χ0n) is 17.6. The van der Waals surface area contributed by atoms with E-state index in [4.69, 9.17) is 32.7 Å². The van der Waals surface area contributed by atoms with E-state index in [9.17, 15) is 5.26 Å². The van der Waals surface area contributed by atoms with Crippen molar-refractivity contribution in [2.45, 2.75) is 6.61 Å². The molecule has 0 atom stereocenters. The quantitative estimate of drug-likeness (QED) is 0.182. The molecule has 164 valence electrons. The Kier molecular flexibility index (Phi) is 7.25. The smallest absolute Gasteiger partial charge is 0.175 e. The molecule has 0 saturated carbocycles. The number of nitrogens with zero attached hydrogens (tertiary/aromatic N) is 1. The number of methoxy groups -OCH3 is 1. The minimum atomic E-state index is 0.250. The molecule has 0 radical (unpaired) electrons. The fourth-order valence-corrected chi connectivity index (χ4v) is 4.59. The molecular formula is C27H18BrCl2NO2. The van der Waals surface area contributed by atoms with Gasteiger partial charge in [-0.1, -0.05) is 71.7 Å². The lowest BCUT2D eigenvalue weighted by molar-refractivity contribution is 0.282. The zero-order chi connectivity index (χ0) is 23.4. The van der Waals surface area contributed by atoms with Gasteiger partial charge in [-0.25, -0.2) is 0 Å². The summed E-state index contributed by atoms with van der Waals surface area (Å²) in [6.45, 7) is 0.250. The Bertz CT molecular complexity index is 1400. The van der Waals surface area contributed by atoms with Crippen molar-refractivity contribution < 1.29 is 9.47 Å². The number of fused-ring (bicyclic) bond motifs is 1. The molecule has 4 rings (SSSR count). The predicted octanol–water partition coefficient (Wildman–Crippen LogP) is 8.56. The highest BCUT2D eigenvalue weighted by atomic mass is 79.9. The van der Waals surface area contributed by atoms with E-state index >= 15 is 0 Å². The molecule has 3 nitrogen and oxygen atoms in total.